The molecule has 1 rings (SSSR count). The van der Waals surface area contributed by atoms with E-state index in [1.807, 2.05) is 0 Å². The maximum Gasteiger partial charge on any atom is 0.250 e. The topological polar surface area (TPSA) is 115 Å². The van der Waals surface area contributed by atoms with E-state index in [1.54, 1.807) is 24.1 Å². The zero-order valence-corrected chi connectivity index (χ0v) is 8.93. The third kappa shape index (κ3) is 2.63. The Balaban J connectivity index is 3.12. The number of anilines is 2. The molecule has 0 saturated heterocycles. The van der Waals surface area contributed by atoms with Crippen molar-refractivity contribution in [3.63, 3.8) is 0 Å². The Bertz CT molecular complexity index is 431. The molecule has 6 heteroatoms. The third-order valence-corrected chi connectivity index (χ3v) is 2.09. The van der Waals surface area contributed by atoms with Crippen LogP contribution in [0.2, 0.25) is 0 Å². The standard InChI is InChI=1S/C10H14N4O2/c1-14(5-9(12)15)8-3-2-6(11)4-7(8)10(13)16/h2-4H,5,11H2,1H3,(H2,12,15)(H2,13,16). The Morgan fingerprint density at radius 1 is 1.31 bits per heavy atom. The molecule has 0 unspecified atom stereocenters. The first kappa shape index (κ1) is 11.8. The molecule has 0 atom stereocenters. The second-order valence-electron chi connectivity index (χ2n) is 3.46. The molecule has 0 aliphatic rings. The van der Waals surface area contributed by atoms with E-state index in [9.17, 15) is 9.59 Å². The number of carbonyl (C=O) groups is 2. The quantitative estimate of drug-likeness (QED) is 0.583. The van der Waals surface area contributed by atoms with Gasteiger partial charge in [0.25, 0.3) is 5.91 Å². The minimum atomic E-state index is -0.598. The molecule has 0 radical (unpaired) electrons. The van der Waals surface area contributed by atoms with Crippen LogP contribution in [-0.2, 0) is 4.79 Å². The summed E-state index contributed by atoms with van der Waals surface area (Å²) in [6.07, 6.45) is 0. The summed E-state index contributed by atoms with van der Waals surface area (Å²) in [6.45, 7) is 0.00416. The smallest absolute Gasteiger partial charge is 0.250 e. The van der Waals surface area contributed by atoms with Crippen LogP contribution in [0.25, 0.3) is 0 Å². The summed E-state index contributed by atoms with van der Waals surface area (Å²) in [4.78, 5) is 23.5. The van der Waals surface area contributed by atoms with Crippen LogP contribution in [0, 0.1) is 0 Å². The fourth-order valence-electron chi connectivity index (χ4n) is 1.40. The fraction of sp³-hybridized carbons (Fsp3) is 0.200. The average Bonchev–Trinajstić information content (AvgIpc) is 2.16. The van der Waals surface area contributed by atoms with Crippen molar-refractivity contribution in [1.29, 1.82) is 0 Å². The van der Waals surface area contributed by atoms with Gasteiger partial charge in [-0.3, -0.25) is 9.59 Å². The van der Waals surface area contributed by atoms with E-state index in [4.69, 9.17) is 17.2 Å². The molecule has 6 nitrogen and oxygen atoms in total. The normalized spacial score (nSPS) is 9.81. The van der Waals surface area contributed by atoms with E-state index in [1.165, 1.54) is 6.07 Å². The highest BCUT2D eigenvalue weighted by Crippen LogP contribution is 2.21. The first-order valence-electron chi connectivity index (χ1n) is 4.60. The zero-order chi connectivity index (χ0) is 12.3. The van der Waals surface area contributed by atoms with Gasteiger partial charge in [0.15, 0.2) is 0 Å². The van der Waals surface area contributed by atoms with E-state index in [0.717, 1.165) is 0 Å². The van der Waals surface area contributed by atoms with Crippen LogP contribution in [0.5, 0.6) is 0 Å². The zero-order valence-electron chi connectivity index (χ0n) is 8.93. The van der Waals surface area contributed by atoms with Gasteiger partial charge in [0.2, 0.25) is 5.91 Å². The molecule has 86 valence electrons. The number of primary amides is 2. The molecule has 0 fully saturated rings. The molecule has 2 amide bonds. The largest absolute Gasteiger partial charge is 0.399 e. The van der Waals surface area contributed by atoms with Gasteiger partial charge in [-0.05, 0) is 18.2 Å². The Morgan fingerprint density at radius 2 is 1.94 bits per heavy atom. The predicted molar refractivity (Wildman–Crippen MR) is 61.8 cm³/mol. The van der Waals surface area contributed by atoms with Crippen LogP contribution in [0.1, 0.15) is 10.4 Å². The number of nitrogen functional groups attached to an aromatic ring is 1. The summed E-state index contributed by atoms with van der Waals surface area (Å²) in [7, 11) is 1.64. The summed E-state index contributed by atoms with van der Waals surface area (Å²) in [5.41, 5.74) is 17.1. The lowest BCUT2D eigenvalue weighted by atomic mass is 10.1. The van der Waals surface area contributed by atoms with E-state index in [-0.39, 0.29) is 12.1 Å². The fourth-order valence-corrected chi connectivity index (χ4v) is 1.40. The number of likely N-dealkylation sites (N-methyl/N-ethyl adjacent to an activating group) is 1. The van der Waals surface area contributed by atoms with E-state index in [0.29, 0.717) is 11.4 Å². The molecule has 0 saturated carbocycles. The van der Waals surface area contributed by atoms with Crippen molar-refractivity contribution in [1.82, 2.24) is 0 Å². The Kier molecular flexibility index (Phi) is 3.34. The number of benzene rings is 1. The average molecular weight is 222 g/mol. The Hall–Kier alpha value is -2.24. The monoisotopic (exact) mass is 222 g/mol. The van der Waals surface area contributed by atoms with Gasteiger partial charge in [-0.2, -0.15) is 0 Å². The summed E-state index contributed by atoms with van der Waals surface area (Å²) < 4.78 is 0. The number of rotatable bonds is 4. The summed E-state index contributed by atoms with van der Waals surface area (Å²) >= 11 is 0. The van der Waals surface area contributed by atoms with Gasteiger partial charge in [0, 0.05) is 18.4 Å². The molecular weight excluding hydrogens is 208 g/mol. The van der Waals surface area contributed by atoms with Crippen molar-refractivity contribution >= 4 is 23.2 Å². The van der Waals surface area contributed by atoms with Gasteiger partial charge in [0.05, 0.1) is 12.1 Å². The second kappa shape index (κ2) is 4.52. The number of hydrogen-bond donors (Lipinski definition) is 3. The molecule has 0 heterocycles. The van der Waals surface area contributed by atoms with Gasteiger partial charge in [-0.1, -0.05) is 0 Å². The van der Waals surface area contributed by atoms with Crippen molar-refractivity contribution in [3.05, 3.63) is 23.8 Å². The molecular formula is C10H14N4O2. The lowest BCUT2D eigenvalue weighted by molar-refractivity contribution is -0.116. The van der Waals surface area contributed by atoms with E-state index < -0.39 is 11.8 Å². The van der Waals surface area contributed by atoms with Crippen LogP contribution >= 0.6 is 0 Å². The number of nitrogens with two attached hydrogens (primary N) is 3. The Morgan fingerprint density at radius 3 is 2.44 bits per heavy atom. The summed E-state index contributed by atoms with van der Waals surface area (Å²) in [6, 6.07) is 4.72. The van der Waals surface area contributed by atoms with E-state index >= 15 is 0 Å². The predicted octanol–water partition coefficient (Wildman–Crippen LogP) is -0.711. The van der Waals surface area contributed by atoms with Crippen LogP contribution < -0.4 is 22.1 Å². The molecule has 0 aliphatic heterocycles. The SMILES string of the molecule is CN(CC(N)=O)c1ccc(N)cc1C(N)=O. The van der Waals surface area contributed by atoms with Gasteiger partial charge >= 0.3 is 0 Å². The highest BCUT2D eigenvalue weighted by Gasteiger charge is 2.13. The van der Waals surface area contributed by atoms with Crippen molar-refractivity contribution in [2.24, 2.45) is 11.5 Å². The van der Waals surface area contributed by atoms with Crippen molar-refractivity contribution in [2.45, 2.75) is 0 Å². The lowest BCUT2D eigenvalue weighted by Gasteiger charge is -2.20. The highest BCUT2D eigenvalue weighted by molar-refractivity contribution is 6.00. The first-order chi connectivity index (χ1) is 7.41. The number of nitrogens with zero attached hydrogens (tertiary/aromatic N) is 1. The second-order valence-corrected chi connectivity index (χ2v) is 3.46. The van der Waals surface area contributed by atoms with Crippen LogP contribution in [-0.4, -0.2) is 25.4 Å². The van der Waals surface area contributed by atoms with Crippen molar-refractivity contribution in [3.8, 4) is 0 Å². The van der Waals surface area contributed by atoms with Crippen LogP contribution in [0.4, 0.5) is 11.4 Å². The molecule has 0 aliphatic carbocycles. The van der Waals surface area contributed by atoms with Gasteiger partial charge in [-0.15, -0.1) is 0 Å². The lowest BCUT2D eigenvalue weighted by Crippen LogP contribution is -2.32. The number of amides is 2. The molecule has 16 heavy (non-hydrogen) atoms. The molecule has 0 bridgehead atoms. The minimum Gasteiger partial charge on any atom is -0.399 e. The molecule has 0 aromatic heterocycles. The summed E-state index contributed by atoms with van der Waals surface area (Å²) in [5, 5.41) is 0. The minimum absolute atomic E-state index is 0.00416. The molecule has 1 aromatic carbocycles. The first-order valence-corrected chi connectivity index (χ1v) is 4.60. The summed E-state index contributed by atoms with van der Waals surface area (Å²) in [5.74, 6) is -1.09. The van der Waals surface area contributed by atoms with Crippen molar-refractivity contribution < 1.29 is 9.59 Å². The third-order valence-electron chi connectivity index (χ3n) is 2.09. The maximum absolute atomic E-state index is 11.2. The molecule has 0 spiro atoms. The van der Waals surface area contributed by atoms with Crippen LogP contribution in [0.3, 0.4) is 0 Å². The molecule has 1 aromatic rings. The molecule has 6 N–H and O–H groups in total. The van der Waals surface area contributed by atoms with Crippen molar-refractivity contribution in [2.75, 3.05) is 24.2 Å². The van der Waals surface area contributed by atoms with Crippen LogP contribution in [0.15, 0.2) is 18.2 Å². The number of carbonyl (C=O) groups excluding carboxylic acids is 2. The highest BCUT2D eigenvalue weighted by atomic mass is 16.1. The van der Waals surface area contributed by atoms with Gasteiger partial charge in [-0.25, -0.2) is 0 Å². The van der Waals surface area contributed by atoms with Gasteiger partial charge in [0.1, 0.15) is 0 Å². The van der Waals surface area contributed by atoms with Gasteiger partial charge < -0.3 is 22.1 Å². The van der Waals surface area contributed by atoms with E-state index in [2.05, 4.69) is 0 Å². The maximum atomic E-state index is 11.2. The Labute approximate surface area is 93.0 Å². The number of hydrogen-bond acceptors (Lipinski definition) is 4.